The van der Waals surface area contributed by atoms with E-state index in [1.807, 2.05) is 0 Å². The predicted molar refractivity (Wildman–Crippen MR) is 140 cm³/mol. The van der Waals surface area contributed by atoms with Crippen LogP contribution in [0.15, 0.2) is 60.2 Å². The molecular weight excluding hydrogens is 519 g/mol. The highest BCUT2D eigenvalue weighted by atomic mass is 35.5. The molecule has 10 heteroatoms. The number of carbonyl (C=O) groups is 2. The van der Waals surface area contributed by atoms with Crippen molar-refractivity contribution in [1.29, 1.82) is 0 Å². The summed E-state index contributed by atoms with van der Waals surface area (Å²) in [5, 5.41) is 11.9. The molecule has 0 radical (unpaired) electrons. The van der Waals surface area contributed by atoms with E-state index in [0.29, 0.717) is 27.1 Å². The van der Waals surface area contributed by atoms with Gasteiger partial charge < -0.3 is 14.6 Å². The summed E-state index contributed by atoms with van der Waals surface area (Å²) in [4.78, 5) is 32.6. The average molecular weight is 539 g/mol. The lowest BCUT2D eigenvalue weighted by atomic mass is 9.94. The number of ether oxygens (including phenoxy) is 2. The summed E-state index contributed by atoms with van der Waals surface area (Å²) in [6.07, 6.45) is 0. The second kappa shape index (κ2) is 9.49. The molecule has 0 saturated carbocycles. The second-order valence-corrected chi connectivity index (χ2v) is 9.80. The molecule has 4 aromatic rings. The van der Waals surface area contributed by atoms with Crippen LogP contribution in [0.2, 0.25) is 5.02 Å². The van der Waals surface area contributed by atoms with Gasteiger partial charge in [-0.2, -0.15) is 0 Å². The van der Waals surface area contributed by atoms with Crippen molar-refractivity contribution < 1.29 is 28.6 Å². The van der Waals surface area contributed by atoms with Crippen molar-refractivity contribution >= 4 is 55.7 Å². The highest BCUT2D eigenvalue weighted by molar-refractivity contribution is 7.22. The summed E-state index contributed by atoms with van der Waals surface area (Å²) >= 11 is 7.42. The second-order valence-electron chi connectivity index (χ2n) is 8.38. The van der Waals surface area contributed by atoms with Crippen LogP contribution < -0.4 is 14.4 Å². The minimum Gasteiger partial charge on any atom is -0.507 e. The Hall–Kier alpha value is -3.95. The molecule has 1 aromatic heterocycles. The normalized spacial score (nSPS) is 17.0. The van der Waals surface area contributed by atoms with Gasteiger partial charge in [0.2, 0.25) is 0 Å². The number of halogens is 2. The molecule has 1 aliphatic rings. The summed E-state index contributed by atoms with van der Waals surface area (Å²) in [6, 6.07) is 13.1. The molecule has 5 rings (SSSR count). The van der Waals surface area contributed by atoms with Crippen LogP contribution in [0.5, 0.6) is 11.5 Å². The number of amides is 1. The first-order valence-electron chi connectivity index (χ1n) is 11.1. The SMILES string of the molecule is COc1cccc(C2/C(=C(\O)c3cc(C)cc(Cl)c3OC)C(=O)C(=O)N2c2nc3ccc(F)cc3s2)c1. The number of hydrogen-bond donors (Lipinski definition) is 1. The molecule has 37 heavy (non-hydrogen) atoms. The molecule has 1 unspecified atom stereocenters. The Morgan fingerprint density at radius 3 is 2.62 bits per heavy atom. The lowest BCUT2D eigenvalue weighted by molar-refractivity contribution is -0.132. The van der Waals surface area contributed by atoms with Gasteiger partial charge >= 0.3 is 5.91 Å². The Morgan fingerprint density at radius 1 is 1.11 bits per heavy atom. The maximum Gasteiger partial charge on any atom is 0.301 e. The van der Waals surface area contributed by atoms with Gasteiger partial charge in [0.05, 0.1) is 46.6 Å². The van der Waals surface area contributed by atoms with E-state index >= 15 is 0 Å². The number of aryl methyl sites for hydroxylation is 1. The maximum atomic E-state index is 13.8. The fourth-order valence-corrected chi connectivity index (χ4v) is 5.77. The number of thiazole rings is 1. The molecule has 1 saturated heterocycles. The van der Waals surface area contributed by atoms with E-state index in [-0.39, 0.29) is 27.0 Å². The Balaban J connectivity index is 1.78. The van der Waals surface area contributed by atoms with E-state index in [2.05, 4.69) is 4.98 Å². The Morgan fingerprint density at radius 2 is 1.89 bits per heavy atom. The Labute approximate surface area is 220 Å². The lowest BCUT2D eigenvalue weighted by Gasteiger charge is -2.23. The fourth-order valence-electron chi connectivity index (χ4n) is 4.40. The smallest absolute Gasteiger partial charge is 0.301 e. The number of hydrogen-bond acceptors (Lipinski definition) is 7. The number of aliphatic hydroxyl groups is 1. The van der Waals surface area contributed by atoms with Crippen molar-refractivity contribution in [2.45, 2.75) is 13.0 Å². The summed E-state index contributed by atoms with van der Waals surface area (Å²) < 4.78 is 25.1. The predicted octanol–water partition coefficient (Wildman–Crippen LogP) is 6.04. The van der Waals surface area contributed by atoms with Crippen molar-refractivity contribution in [2.24, 2.45) is 0 Å². The number of ketones is 1. The van der Waals surface area contributed by atoms with Gasteiger partial charge in [0.15, 0.2) is 5.13 Å². The third kappa shape index (κ3) is 4.20. The van der Waals surface area contributed by atoms with Gasteiger partial charge in [0, 0.05) is 0 Å². The number of aromatic nitrogens is 1. The first kappa shape index (κ1) is 24.7. The van der Waals surface area contributed by atoms with Gasteiger partial charge in [0.25, 0.3) is 5.78 Å². The third-order valence-corrected chi connectivity index (χ3v) is 7.34. The molecule has 1 atom stereocenters. The molecule has 0 aliphatic carbocycles. The van der Waals surface area contributed by atoms with Crippen LogP contribution in [-0.2, 0) is 9.59 Å². The minimum atomic E-state index is -1.05. The molecular formula is C27H20ClFN2O5S. The molecule has 0 spiro atoms. The van der Waals surface area contributed by atoms with Gasteiger partial charge in [-0.05, 0) is 60.5 Å². The summed E-state index contributed by atoms with van der Waals surface area (Å²) in [7, 11) is 2.89. The molecule has 1 amide bonds. The van der Waals surface area contributed by atoms with Crippen LogP contribution in [0.3, 0.4) is 0 Å². The first-order valence-corrected chi connectivity index (χ1v) is 12.3. The number of nitrogens with zero attached hydrogens (tertiary/aromatic N) is 2. The number of carbonyl (C=O) groups excluding carboxylic acids is 2. The van der Waals surface area contributed by atoms with Crippen molar-refractivity contribution in [1.82, 2.24) is 4.98 Å². The molecule has 3 aromatic carbocycles. The zero-order valence-electron chi connectivity index (χ0n) is 19.9. The largest absolute Gasteiger partial charge is 0.507 e. The van der Waals surface area contributed by atoms with Gasteiger partial charge in [-0.25, -0.2) is 9.37 Å². The number of fused-ring (bicyclic) bond motifs is 1. The van der Waals surface area contributed by atoms with E-state index in [4.69, 9.17) is 21.1 Å². The van der Waals surface area contributed by atoms with Crippen LogP contribution in [0.1, 0.15) is 22.7 Å². The monoisotopic (exact) mass is 538 g/mol. The number of anilines is 1. The molecule has 7 nitrogen and oxygen atoms in total. The van der Waals surface area contributed by atoms with Crippen molar-refractivity contribution in [2.75, 3.05) is 19.1 Å². The first-order chi connectivity index (χ1) is 17.7. The highest BCUT2D eigenvalue weighted by Gasteiger charge is 2.48. The number of rotatable bonds is 5. The van der Waals surface area contributed by atoms with E-state index in [1.54, 1.807) is 43.3 Å². The maximum absolute atomic E-state index is 13.8. The topological polar surface area (TPSA) is 89.0 Å². The summed E-state index contributed by atoms with van der Waals surface area (Å²) in [5.41, 5.74) is 1.70. The van der Waals surface area contributed by atoms with E-state index < -0.39 is 29.3 Å². The minimum absolute atomic E-state index is 0.163. The quantitative estimate of drug-likeness (QED) is 0.189. The van der Waals surface area contributed by atoms with Crippen LogP contribution in [0.25, 0.3) is 16.0 Å². The van der Waals surface area contributed by atoms with Crippen LogP contribution in [0, 0.1) is 12.7 Å². The van der Waals surface area contributed by atoms with Gasteiger partial charge in [0.1, 0.15) is 23.1 Å². The van der Waals surface area contributed by atoms with Gasteiger partial charge in [-0.15, -0.1) is 0 Å². The van der Waals surface area contributed by atoms with Crippen molar-refractivity contribution in [3.8, 4) is 11.5 Å². The lowest BCUT2D eigenvalue weighted by Crippen LogP contribution is -2.29. The van der Waals surface area contributed by atoms with Gasteiger partial charge in [-0.3, -0.25) is 14.5 Å². The fraction of sp³-hybridized carbons (Fsp3) is 0.148. The molecule has 1 fully saturated rings. The number of aliphatic hydroxyl groups excluding tert-OH is 1. The van der Waals surface area contributed by atoms with Crippen molar-refractivity contribution in [3.63, 3.8) is 0 Å². The molecule has 1 aliphatic heterocycles. The van der Waals surface area contributed by atoms with E-state index in [1.165, 1.54) is 37.3 Å². The standard InChI is InChI=1S/C27H20ClFN2O5S/c1-13-9-17(25(36-3)18(28)10-13)23(32)21-22(14-5-4-6-16(11-14)35-2)31(26(34)24(21)33)27-30-19-8-7-15(29)12-20(19)37-27/h4-12,22,32H,1-3H3/b23-21+. The zero-order chi connectivity index (χ0) is 26.4. The molecule has 2 heterocycles. The Bertz CT molecular complexity index is 1620. The van der Waals surface area contributed by atoms with Gasteiger partial charge in [-0.1, -0.05) is 35.1 Å². The van der Waals surface area contributed by atoms with Crippen LogP contribution in [-0.4, -0.2) is 36.0 Å². The summed E-state index contributed by atoms with van der Waals surface area (Å²) in [6.45, 7) is 1.78. The van der Waals surface area contributed by atoms with E-state index in [9.17, 15) is 19.1 Å². The summed E-state index contributed by atoms with van der Waals surface area (Å²) in [5.74, 6) is -2.02. The number of methoxy groups -OCH3 is 2. The molecule has 188 valence electrons. The number of Topliss-reactive ketones (excluding diaryl/α,β-unsaturated/α-hetero) is 1. The Kier molecular flexibility index (Phi) is 6.35. The molecule has 1 N–H and O–H groups in total. The molecule has 0 bridgehead atoms. The zero-order valence-corrected chi connectivity index (χ0v) is 21.5. The number of benzene rings is 3. The van der Waals surface area contributed by atoms with Crippen LogP contribution in [0.4, 0.5) is 9.52 Å². The third-order valence-electron chi connectivity index (χ3n) is 6.05. The van der Waals surface area contributed by atoms with E-state index in [0.717, 1.165) is 11.3 Å². The highest BCUT2D eigenvalue weighted by Crippen LogP contribution is 2.46. The van der Waals surface area contributed by atoms with Crippen LogP contribution >= 0.6 is 22.9 Å². The van der Waals surface area contributed by atoms with Crippen molar-refractivity contribution in [3.05, 3.63) is 87.7 Å². The average Bonchev–Trinajstić information content (AvgIpc) is 3.40.